The van der Waals surface area contributed by atoms with Gasteiger partial charge in [0, 0.05) is 21.5 Å². The average Bonchev–Trinajstić information content (AvgIpc) is 0.734. The van der Waals surface area contributed by atoms with Crippen molar-refractivity contribution in [3.05, 3.63) is 287 Å². The first-order valence-electron chi connectivity index (χ1n) is 41.7. The molecule has 4 aromatic heterocycles. The number of carbonyl (C=O) groups excluding carboxylic acids is 8. The number of ether oxygens (including phenoxy) is 6. The molecule has 8 heterocycles. The van der Waals surface area contributed by atoms with Gasteiger partial charge in [-0.3, -0.25) is 66.2 Å². The number of benzene rings is 8. The summed E-state index contributed by atoms with van der Waals surface area (Å²) in [5.41, 5.74) is -10.7. The summed E-state index contributed by atoms with van der Waals surface area (Å²) in [6.45, 7) is 20.7. The number of aromatic hydroxyl groups is 4. The van der Waals surface area contributed by atoms with E-state index in [4.69, 9.17) is 41.6 Å². The lowest BCUT2D eigenvalue weighted by molar-refractivity contribution is -0.305. The van der Waals surface area contributed by atoms with Crippen molar-refractivity contribution < 1.29 is 150 Å². The molecule has 0 saturated heterocycles. The molecular weight excluding hydrogens is 2010 g/mol. The predicted octanol–water partition coefficient (Wildman–Crippen LogP) is 12.4. The average molecular weight is 2090 g/mol. The Kier molecular flexibility index (Phi) is 31.0. The number of esters is 2. The quantitative estimate of drug-likeness (QED) is 0.0244. The molecular formula is C95H78BrF12N13O24. The molecule has 4 amide bonds. The first kappa shape index (κ1) is 108. The Morgan fingerprint density at radius 2 is 0.628 bits per heavy atom. The molecule has 0 fully saturated rings. The first-order valence-corrected chi connectivity index (χ1v) is 42.5. The topological polar surface area (TPSA) is 561 Å². The van der Waals surface area contributed by atoms with Crippen LogP contribution in [0.3, 0.4) is 0 Å². The van der Waals surface area contributed by atoms with Gasteiger partial charge in [-0.05, 0) is 153 Å². The van der Waals surface area contributed by atoms with Crippen LogP contribution in [-0.2, 0) is 53.4 Å². The highest BCUT2D eigenvalue weighted by Crippen LogP contribution is 2.50. The monoisotopic (exact) mass is 2090 g/mol. The molecule has 0 spiro atoms. The third-order valence-electron chi connectivity index (χ3n) is 22.1. The number of nitrogens with zero attached hydrogens (tertiary/aromatic N) is 7. The molecule has 16 rings (SSSR count). The zero-order valence-corrected chi connectivity index (χ0v) is 77.9. The number of nitrogens with one attached hydrogen (secondary N) is 4. The summed E-state index contributed by atoms with van der Waals surface area (Å²) in [6, 6.07) is 25.1. The van der Waals surface area contributed by atoms with Crippen LogP contribution in [-0.4, -0.2) is 150 Å². The Bertz CT molecular complexity index is 7470. The molecule has 16 N–H and O–H groups in total. The van der Waals surface area contributed by atoms with Gasteiger partial charge in [-0.2, -0.15) is 57.9 Å². The fourth-order valence-corrected chi connectivity index (χ4v) is 16.3. The summed E-state index contributed by atoms with van der Waals surface area (Å²) in [7, 11) is 0. The van der Waals surface area contributed by atoms with E-state index < -0.39 is 224 Å². The molecule has 50 heteroatoms. The molecule has 4 aliphatic rings. The van der Waals surface area contributed by atoms with Crippen LogP contribution in [0.15, 0.2) is 169 Å². The van der Waals surface area contributed by atoms with Crippen LogP contribution in [0, 0.1) is 24.5 Å². The number of hydrogen-bond donors (Lipinski definition) is 10. The molecule has 758 valence electrons. The standard InChI is InChI=1S/C26H22F3N3O6.C25H22BrF3N2O6.2C22H14F3N3O6.2H3N/c1-25(2,3)38-18(33)11-31-23(35)19-21(34)15-9-10-16(30-4)22-20(15)32(24(19)36)17(12-37-22)13-5-7-14(8-6-13)26(27,28)29;1-24(2,3)37-17(32)10-30-22(34)18-20(33)14-8-9-15(26)21-19(14)31(23(18)35)16(11-36-21)12-4-6-13(7-5-12)25(27,28)29;1-26-13-7-6-12-17-19(13)34-9-14(10-2-4-11(5-3-10)22(23,24)25)28(17)21(33)16(18(12)31)20(32)27-8-15(29)30;23-22(24,25)12-4-1-10(2-5-12)14-9-34-19-11(7-26)3-6-13-17(19)28(14)21(33)16(18(13)31)20(32)27-8-15(29)30;;/h5-10,17,34H,11-12H2,1-3H3,(H,31,35);4-9,16,33H,10-11H2,1-3H3,(H,30,34);2-7,14,31H,8-9H2,(H,27,32)(H,29,30);1-6,14,31H,8-9H2,(H,27,32)(H,29,30);2*1H3. The smallest absolute Gasteiger partial charge is 0.416 e. The number of alkyl halides is 12. The maximum atomic E-state index is 13.7. The number of carboxylic acid groups (broad SMARTS) is 2. The summed E-state index contributed by atoms with van der Waals surface area (Å²) in [5, 5.41) is 82.5. The fourth-order valence-electron chi connectivity index (χ4n) is 15.9. The molecule has 8 aromatic carbocycles. The number of amides is 4. The number of quaternary nitrogens is 2. The van der Waals surface area contributed by atoms with Gasteiger partial charge in [0.1, 0.15) is 102 Å². The van der Waals surface area contributed by atoms with E-state index in [1.165, 1.54) is 71.3 Å². The van der Waals surface area contributed by atoms with Crippen LogP contribution < -0.4 is 85.0 Å². The van der Waals surface area contributed by atoms with Crippen LogP contribution in [0.25, 0.3) is 53.3 Å². The summed E-state index contributed by atoms with van der Waals surface area (Å²) in [5.74, 6) is -11.9. The third kappa shape index (κ3) is 22.1. The van der Waals surface area contributed by atoms with E-state index >= 15 is 0 Å². The lowest BCUT2D eigenvalue weighted by Gasteiger charge is -2.30. The number of aliphatic carboxylic acids is 2. The van der Waals surface area contributed by atoms with E-state index in [0.717, 1.165) is 86.5 Å². The fraction of sp³-hybridized carbons (Fsp3) is 0.253. The molecule has 145 heavy (non-hydrogen) atoms. The Balaban J connectivity index is 0.000000183. The van der Waals surface area contributed by atoms with Gasteiger partial charge in [0.05, 0.1) is 117 Å². The number of hydrogen-bond acceptors (Lipinski definition) is 25. The van der Waals surface area contributed by atoms with Crippen LogP contribution in [0.1, 0.15) is 157 Å². The maximum Gasteiger partial charge on any atom is 0.416 e. The van der Waals surface area contributed by atoms with Crippen molar-refractivity contribution in [2.45, 2.75) is 102 Å². The van der Waals surface area contributed by atoms with Crippen LogP contribution in [0.2, 0.25) is 0 Å². The molecule has 37 nitrogen and oxygen atoms in total. The van der Waals surface area contributed by atoms with Crippen LogP contribution in [0.4, 0.5) is 64.1 Å². The summed E-state index contributed by atoms with van der Waals surface area (Å²) >= 11 is 3.34. The first-order chi connectivity index (χ1) is 67.0. The van der Waals surface area contributed by atoms with Crippen molar-refractivity contribution in [1.29, 1.82) is 5.26 Å². The number of carboxylic acids is 2. The number of nitriles is 1. The van der Waals surface area contributed by atoms with E-state index in [0.29, 0.717) is 10.0 Å². The second kappa shape index (κ2) is 41.5. The highest BCUT2D eigenvalue weighted by atomic mass is 79.9. The van der Waals surface area contributed by atoms with Gasteiger partial charge in [0.2, 0.25) is 11.4 Å². The Morgan fingerprint density at radius 1 is 0.393 bits per heavy atom. The Hall–Kier alpha value is -17.2. The zero-order valence-electron chi connectivity index (χ0n) is 76.3. The summed E-state index contributed by atoms with van der Waals surface area (Å²) < 4.78 is 194. The minimum absolute atomic E-state index is 0. The van der Waals surface area contributed by atoms with Gasteiger partial charge in [0.15, 0.2) is 23.0 Å². The Morgan fingerprint density at radius 3 is 0.876 bits per heavy atom. The van der Waals surface area contributed by atoms with Crippen LogP contribution in [0.5, 0.6) is 46.0 Å². The van der Waals surface area contributed by atoms with Gasteiger partial charge in [-0.15, -0.1) is 0 Å². The number of rotatable bonds is 16. The minimum Gasteiger partial charge on any atom is -0.548 e. The predicted molar refractivity (Wildman–Crippen MR) is 488 cm³/mol. The molecule has 0 bridgehead atoms. The summed E-state index contributed by atoms with van der Waals surface area (Å²) in [4.78, 5) is 157. The van der Waals surface area contributed by atoms with Gasteiger partial charge in [-0.25, -0.2) is 9.69 Å². The van der Waals surface area contributed by atoms with E-state index in [9.17, 15) is 146 Å². The number of pyridine rings is 4. The second-order valence-corrected chi connectivity index (χ2v) is 34.4. The summed E-state index contributed by atoms with van der Waals surface area (Å²) in [6.07, 6.45) is -18.3. The second-order valence-electron chi connectivity index (χ2n) is 33.6. The van der Waals surface area contributed by atoms with Crippen LogP contribution >= 0.6 is 15.9 Å². The number of carbonyl (C=O) groups is 8. The van der Waals surface area contributed by atoms with Crippen molar-refractivity contribution >= 4 is 118 Å². The lowest BCUT2D eigenvalue weighted by atomic mass is 9.99. The van der Waals surface area contributed by atoms with E-state index in [1.54, 1.807) is 47.6 Å². The molecule has 0 aliphatic carbocycles. The molecule has 0 radical (unpaired) electrons. The van der Waals surface area contributed by atoms with Crippen molar-refractivity contribution in [3.63, 3.8) is 0 Å². The van der Waals surface area contributed by atoms with Crippen molar-refractivity contribution in [2.75, 3.05) is 52.6 Å². The molecule has 4 unspecified atom stereocenters. The van der Waals surface area contributed by atoms with Gasteiger partial charge in [-0.1, -0.05) is 72.8 Å². The Labute approximate surface area is 814 Å². The normalized spacial score (nSPS) is 14.8. The highest BCUT2D eigenvalue weighted by molar-refractivity contribution is 9.10. The van der Waals surface area contributed by atoms with E-state index in [1.807, 2.05) is 16.7 Å². The maximum absolute atomic E-state index is 13.7. The van der Waals surface area contributed by atoms with Gasteiger partial charge >= 0.3 is 36.6 Å². The van der Waals surface area contributed by atoms with E-state index in [-0.39, 0.29) is 139 Å². The van der Waals surface area contributed by atoms with Gasteiger partial charge in [0.25, 0.3) is 45.9 Å². The molecule has 4 aliphatic heterocycles. The lowest BCUT2D eigenvalue weighted by Crippen LogP contribution is -2.42. The number of aromatic nitrogens is 4. The largest absolute Gasteiger partial charge is 0.548 e. The minimum atomic E-state index is -4.58. The SMILES string of the molecule is CC(C)(C)OC(=O)CNC(=O)c1c(O)c2ccc(Br)c3c2n(c1=O)C(c1ccc(C(F)(F)F)cc1)CO3.N#Cc1ccc2c(O)c(C(=O)NCC(=O)[O-])c(=O)n3c2c1OCC3c1ccc(C(F)(F)F)cc1.[C-]#[N+]c1ccc2c(O)c(C(=O)NCC(=O)OC(C)(C)C)c(=O)n3c2c1OCC3c1ccc(C(F)(F)F)cc1.[C-]#[N+]c1ccc2c(O)c(C(=O)NCC(=O)[O-])c(=O)n3c2c1OCC3c1ccc(C(F)(F)F)cc1.[NH4+].[NH4+]. The molecule has 0 saturated carbocycles. The third-order valence-corrected chi connectivity index (χ3v) is 22.7. The molecule has 12 aromatic rings. The van der Waals surface area contributed by atoms with Crippen molar-refractivity contribution in [3.8, 4) is 52.1 Å². The zero-order chi connectivity index (χ0) is 105. The highest BCUT2D eigenvalue weighted by Gasteiger charge is 2.42. The molecule has 4 atom stereocenters. The van der Waals surface area contributed by atoms with Crippen molar-refractivity contribution in [2.24, 2.45) is 0 Å². The van der Waals surface area contributed by atoms with Gasteiger partial charge < -0.3 is 102 Å². The van der Waals surface area contributed by atoms with E-state index in [2.05, 4.69) is 36.3 Å². The number of halogens is 13. The van der Waals surface area contributed by atoms with Crippen molar-refractivity contribution in [1.82, 2.24) is 51.8 Å².